The van der Waals surface area contributed by atoms with Crippen LogP contribution in [0.3, 0.4) is 0 Å². The third kappa shape index (κ3) is 4.26. The molecule has 0 aromatic heterocycles. The molecule has 3 heteroatoms. The minimum absolute atomic E-state index is 0.293. The Morgan fingerprint density at radius 2 is 2.12 bits per heavy atom. The third-order valence-corrected chi connectivity index (χ3v) is 2.02. The van der Waals surface area contributed by atoms with Crippen LogP contribution in [-0.2, 0) is 9.47 Å². The Kier molecular flexibility index (Phi) is 5.94. The lowest BCUT2D eigenvalue weighted by atomic mass is 10.1. The Balaban J connectivity index is 2.49. The van der Waals surface area contributed by atoms with Crippen molar-refractivity contribution in [2.45, 2.75) is 6.42 Å². The molecule has 0 saturated heterocycles. The second-order valence-corrected chi connectivity index (χ2v) is 3.20. The molecule has 0 aliphatic carbocycles. The summed E-state index contributed by atoms with van der Waals surface area (Å²) in [7, 11) is 1.58. The summed E-state index contributed by atoms with van der Waals surface area (Å²) in [6.07, 6.45) is 2.59. The summed E-state index contributed by atoms with van der Waals surface area (Å²) < 4.78 is 9.89. The Morgan fingerprint density at radius 1 is 1.38 bits per heavy atom. The molecule has 0 fully saturated rings. The first-order valence-electron chi connectivity index (χ1n) is 5.11. The van der Waals surface area contributed by atoms with Gasteiger partial charge in [-0.1, -0.05) is 36.4 Å². The molecule has 0 unspecified atom stereocenters. The molecule has 0 spiro atoms. The fraction of sp³-hybridized carbons (Fsp3) is 0.308. The molecule has 0 atom stereocenters. The Morgan fingerprint density at radius 3 is 2.75 bits per heavy atom. The highest BCUT2D eigenvalue weighted by molar-refractivity contribution is 5.76. The normalized spacial score (nSPS) is 11.1. The smallest absolute Gasteiger partial charge is 0.146 e. The van der Waals surface area contributed by atoms with Crippen LogP contribution in [0.25, 0.3) is 5.57 Å². The standard InChI is InChI=1S/C13H15NO2/c1-15-11-16-9-5-8-13(10-14)12-6-3-2-4-7-12/h2-4,6-8H,5,9,11H2,1H3/b13-8-. The summed E-state index contributed by atoms with van der Waals surface area (Å²) in [4.78, 5) is 0. The van der Waals surface area contributed by atoms with Gasteiger partial charge in [-0.3, -0.25) is 0 Å². The van der Waals surface area contributed by atoms with E-state index < -0.39 is 0 Å². The predicted octanol–water partition coefficient (Wildman–Crippen LogP) is 2.60. The first-order valence-corrected chi connectivity index (χ1v) is 5.11. The zero-order valence-corrected chi connectivity index (χ0v) is 9.35. The molecule has 3 nitrogen and oxygen atoms in total. The van der Waals surface area contributed by atoms with Crippen LogP contribution in [0.5, 0.6) is 0 Å². The first kappa shape index (κ1) is 12.4. The van der Waals surface area contributed by atoms with Gasteiger partial charge in [0.25, 0.3) is 0 Å². The van der Waals surface area contributed by atoms with Gasteiger partial charge in [0.2, 0.25) is 0 Å². The molecule has 0 amide bonds. The van der Waals surface area contributed by atoms with Crippen LogP contribution in [0.15, 0.2) is 36.4 Å². The van der Waals surface area contributed by atoms with E-state index in [1.807, 2.05) is 36.4 Å². The maximum Gasteiger partial charge on any atom is 0.146 e. The second kappa shape index (κ2) is 7.63. The van der Waals surface area contributed by atoms with Crippen molar-refractivity contribution >= 4 is 5.57 Å². The van der Waals surface area contributed by atoms with Crippen LogP contribution in [0.2, 0.25) is 0 Å². The van der Waals surface area contributed by atoms with Gasteiger partial charge in [0, 0.05) is 7.11 Å². The molecule has 0 aliphatic rings. The van der Waals surface area contributed by atoms with E-state index in [9.17, 15) is 0 Å². The van der Waals surface area contributed by atoms with Gasteiger partial charge >= 0.3 is 0 Å². The van der Waals surface area contributed by atoms with Crippen LogP contribution in [0.1, 0.15) is 12.0 Å². The molecule has 1 aromatic carbocycles. The zero-order valence-electron chi connectivity index (χ0n) is 9.35. The van der Waals surface area contributed by atoms with Crippen molar-refractivity contribution in [1.82, 2.24) is 0 Å². The van der Waals surface area contributed by atoms with Gasteiger partial charge in [-0.2, -0.15) is 5.26 Å². The van der Waals surface area contributed by atoms with E-state index in [1.54, 1.807) is 7.11 Å². The first-order chi connectivity index (χ1) is 7.88. The van der Waals surface area contributed by atoms with Crippen molar-refractivity contribution in [2.75, 3.05) is 20.5 Å². The molecular formula is C13H15NO2. The van der Waals surface area contributed by atoms with Gasteiger partial charge in [0.15, 0.2) is 0 Å². The minimum Gasteiger partial charge on any atom is -0.359 e. The van der Waals surface area contributed by atoms with Gasteiger partial charge in [-0.15, -0.1) is 0 Å². The highest BCUT2D eigenvalue weighted by Crippen LogP contribution is 2.13. The van der Waals surface area contributed by atoms with E-state index in [0.717, 1.165) is 5.56 Å². The Bertz CT molecular complexity index is 365. The number of allylic oxidation sites excluding steroid dienone is 1. The molecule has 0 N–H and O–H groups in total. The molecule has 0 saturated carbocycles. The summed E-state index contributed by atoms with van der Waals surface area (Å²) in [5, 5.41) is 9.00. The molecule has 16 heavy (non-hydrogen) atoms. The van der Waals surface area contributed by atoms with E-state index in [0.29, 0.717) is 25.4 Å². The second-order valence-electron chi connectivity index (χ2n) is 3.20. The van der Waals surface area contributed by atoms with Crippen LogP contribution < -0.4 is 0 Å². The maximum atomic E-state index is 9.00. The van der Waals surface area contributed by atoms with Crippen molar-refractivity contribution in [3.8, 4) is 6.07 Å². The Labute approximate surface area is 95.9 Å². The fourth-order valence-electron chi connectivity index (χ4n) is 1.27. The lowest BCUT2D eigenvalue weighted by molar-refractivity contribution is -0.0285. The van der Waals surface area contributed by atoms with Gasteiger partial charge in [-0.05, 0) is 12.0 Å². The van der Waals surface area contributed by atoms with Crippen molar-refractivity contribution in [2.24, 2.45) is 0 Å². The summed E-state index contributed by atoms with van der Waals surface area (Å²) in [5.74, 6) is 0. The lowest BCUT2D eigenvalue weighted by Gasteiger charge is -2.00. The summed E-state index contributed by atoms with van der Waals surface area (Å²) in [6.45, 7) is 0.854. The van der Waals surface area contributed by atoms with E-state index in [1.165, 1.54) is 0 Å². The third-order valence-electron chi connectivity index (χ3n) is 2.02. The molecule has 84 valence electrons. The monoisotopic (exact) mass is 217 g/mol. The predicted molar refractivity (Wildman–Crippen MR) is 62.5 cm³/mol. The number of methoxy groups -OCH3 is 1. The van der Waals surface area contributed by atoms with Gasteiger partial charge in [0.05, 0.1) is 18.2 Å². The number of ether oxygens (including phenoxy) is 2. The van der Waals surface area contributed by atoms with Crippen LogP contribution in [-0.4, -0.2) is 20.5 Å². The van der Waals surface area contributed by atoms with E-state index in [-0.39, 0.29) is 0 Å². The molecular weight excluding hydrogens is 202 g/mol. The average Bonchev–Trinajstić information content (AvgIpc) is 2.35. The molecule has 0 heterocycles. The topological polar surface area (TPSA) is 42.2 Å². The summed E-state index contributed by atoms with van der Waals surface area (Å²) in [6, 6.07) is 11.8. The maximum absolute atomic E-state index is 9.00. The number of rotatable bonds is 6. The summed E-state index contributed by atoms with van der Waals surface area (Å²) in [5.41, 5.74) is 1.62. The number of hydrogen-bond acceptors (Lipinski definition) is 3. The molecule has 1 rings (SSSR count). The van der Waals surface area contributed by atoms with Crippen molar-refractivity contribution in [3.05, 3.63) is 42.0 Å². The van der Waals surface area contributed by atoms with Crippen molar-refractivity contribution in [3.63, 3.8) is 0 Å². The SMILES string of the molecule is COCOCC/C=C(/C#N)c1ccccc1. The van der Waals surface area contributed by atoms with Crippen LogP contribution in [0.4, 0.5) is 0 Å². The zero-order chi connectivity index (χ0) is 11.6. The number of nitriles is 1. The minimum atomic E-state index is 0.293. The Hall–Kier alpha value is -1.63. The van der Waals surface area contributed by atoms with Crippen molar-refractivity contribution in [1.29, 1.82) is 5.26 Å². The van der Waals surface area contributed by atoms with Gasteiger partial charge < -0.3 is 9.47 Å². The largest absolute Gasteiger partial charge is 0.359 e. The quantitative estimate of drug-likeness (QED) is 0.418. The average molecular weight is 217 g/mol. The van der Waals surface area contributed by atoms with Gasteiger partial charge in [0.1, 0.15) is 6.79 Å². The summed E-state index contributed by atoms with van der Waals surface area (Å²) >= 11 is 0. The number of benzene rings is 1. The molecule has 0 radical (unpaired) electrons. The highest BCUT2D eigenvalue weighted by Gasteiger charge is 1.97. The van der Waals surface area contributed by atoms with Crippen LogP contribution in [0, 0.1) is 11.3 Å². The molecule has 0 aliphatic heterocycles. The van der Waals surface area contributed by atoms with E-state index >= 15 is 0 Å². The van der Waals surface area contributed by atoms with Gasteiger partial charge in [-0.25, -0.2) is 0 Å². The molecule has 0 bridgehead atoms. The fourth-order valence-corrected chi connectivity index (χ4v) is 1.27. The lowest BCUT2D eigenvalue weighted by Crippen LogP contribution is -1.97. The van der Waals surface area contributed by atoms with Crippen molar-refractivity contribution < 1.29 is 9.47 Å². The number of hydrogen-bond donors (Lipinski definition) is 0. The van der Waals surface area contributed by atoms with Crippen LogP contribution >= 0.6 is 0 Å². The highest BCUT2D eigenvalue weighted by atomic mass is 16.7. The van der Waals surface area contributed by atoms with E-state index in [2.05, 4.69) is 6.07 Å². The van der Waals surface area contributed by atoms with E-state index in [4.69, 9.17) is 14.7 Å². The molecule has 1 aromatic rings. The number of nitrogens with zero attached hydrogens (tertiary/aromatic N) is 1.